The minimum atomic E-state index is -1.98. The van der Waals surface area contributed by atoms with Crippen LogP contribution in [0.25, 0.3) is 0 Å². The van der Waals surface area contributed by atoms with Crippen molar-refractivity contribution in [3.05, 3.63) is 79.9 Å². The molecule has 2 fully saturated rings. The maximum atomic E-state index is 14.9. The molecule has 13 heteroatoms. The number of ether oxygens (including phenoxy) is 2. The van der Waals surface area contributed by atoms with Crippen LogP contribution in [-0.4, -0.2) is 77.8 Å². The molecule has 2 aliphatic heterocycles. The van der Waals surface area contributed by atoms with E-state index in [0.717, 1.165) is 0 Å². The van der Waals surface area contributed by atoms with Crippen LogP contribution in [0.2, 0.25) is 0 Å². The van der Waals surface area contributed by atoms with Gasteiger partial charge < -0.3 is 14.4 Å². The molecule has 2 saturated heterocycles. The molecule has 2 aromatic carbocycles. The molecule has 2 heterocycles. The predicted molar refractivity (Wildman–Crippen MR) is 140 cm³/mol. The summed E-state index contributed by atoms with van der Waals surface area (Å²) in [5, 5.41) is 23.3. The predicted octanol–water partition coefficient (Wildman–Crippen LogP) is 2.84. The van der Waals surface area contributed by atoms with Gasteiger partial charge >= 0.3 is 11.9 Å². The number of fused-ring (bicyclic) bond motifs is 2. The number of likely N-dealkylation sites (tertiary alicyclic amines) is 2. The number of hydrogen-bond donors (Lipinski definition) is 0. The van der Waals surface area contributed by atoms with Crippen molar-refractivity contribution >= 4 is 29.1 Å². The number of ketones is 1. The molecular weight excluding hydrogens is 524 g/mol. The van der Waals surface area contributed by atoms with Gasteiger partial charge in [-0.15, -0.1) is 0 Å². The first-order chi connectivity index (χ1) is 18.9. The summed E-state index contributed by atoms with van der Waals surface area (Å²) in [5.41, 5.74) is -3.90. The average Bonchev–Trinajstić information content (AvgIpc) is 2.91. The number of non-ortho nitro benzene ring substituents is 2. The van der Waals surface area contributed by atoms with Crippen LogP contribution in [-0.2, 0) is 23.9 Å². The molecule has 4 rings (SSSR count). The van der Waals surface area contributed by atoms with E-state index in [9.17, 15) is 34.6 Å². The number of rotatable bonds is 8. The second-order valence-electron chi connectivity index (χ2n) is 10.1. The molecule has 40 heavy (non-hydrogen) atoms. The van der Waals surface area contributed by atoms with E-state index in [-0.39, 0.29) is 48.8 Å². The summed E-state index contributed by atoms with van der Waals surface area (Å²) in [6, 6.07) is 8.93. The lowest BCUT2D eigenvalue weighted by Gasteiger charge is -2.60. The van der Waals surface area contributed by atoms with Crippen molar-refractivity contribution in [1.29, 1.82) is 0 Å². The second-order valence-corrected chi connectivity index (χ2v) is 10.1. The molecule has 2 aliphatic rings. The van der Waals surface area contributed by atoms with Gasteiger partial charge in [0.05, 0.1) is 35.1 Å². The lowest BCUT2D eigenvalue weighted by atomic mass is 9.54. The quantitative estimate of drug-likeness (QED) is 0.204. The molecule has 2 aromatic rings. The number of nitro groups is 2. The number of nitro benzene ring substituents is 2. The number of hydrogen-bond acceptors (Lipinski definition) is 11. The van der Waals surface area contributed by atoms with Crippen molar-refractivity contribution < 1.29 is 33.7 Å². The van der Waals surface area contributed by atoms with Crippen LogP contribution in [0, 0.1) is 31.1 Å². The van der Waals surface area contributed by atoms with Gasteiger partial charge in [-0.25, -0.2) is 0 Å². The first-order valence-electron chi connectivity index (χ1n) is 12.7. The van der Waals surface area contributed by atoms with Gasteiger partial charge in [0, 0.05) is 37.4 Å². The largest absolute Gasteiger partial charge is 0.465 e. The number of carbonyl (C=O) groups is 3. The van der Waals surface area contributed by atoms with Crippen LogP contribution in [0.3, 0.4) is 0 Å². The number of carbonyl (C=O) groups excluding carboxylic acids is 3. The Labute approximate surface area is 229 Å². The van der Waals surface area contributed by atoms with Crippen molar-refractivity contribution in [2.24, 2.45) is 10.8 Å². The summed E-state index contributed by atoms with van der Waals surface area (Å²) in [6.45, 7) is 2.81. The molecule has 4 atom stereocenters. The number of nitrogens with zero attached hydrogens (tertiary/aromatic N) is 4. The van der Waals surface area contributed by atoms with Crippen molar-refractivity contribution in [1.82, 2.24) is 9.80 Å². The third-order valence-electron chi connectivity index (χ3n) is 7.67. The molecule has 0 amide bonds. The van der Waals surface area contributed by atoms with Crippen LogP contribution < -0.4 is 0 Å². The molecule has 0 N–H and O–H groups in total. The molecule has 0 aromatic heterocycles. The Morgan fingerprint density at radius 1 is 0.850 bits per heavy atom. The highest BCUT2D eigenvalue weighted by Crippen LogP contribution is 2.60. The molecule has 2 bridgehead atoms. The summed E-state index contributed by atoms with van der Waals surface area (Å²) in [4.78, 5) is 68.1. The van der Waals surface area contributed by atoms with Gasteiger partial charge in [-0.3, -0.25) is 39.5 Å². The summed E-state index contributed by atoms with van der Waals surface area (Å²) in [5.74, 6) is -2.50. The highest BCUT2D eigenvalue weighted by atomic mass is 16.6. The zero-order chi connectivity index (χ0) is 29.4. The topological polar surface area (TPSA) is 162 Å². The summed E-state index contributed by atoms with van der Waals surface area (Å²) >= 11 is 0. The molecule has 13 nitrogen and oxygen atoms in total. The van der Waals surface area contributed by atoms with E-state index in [1.807, 2.05) is 0 Å². The van der Waals surface area contributed by atoms with Crippen LogP contribution in [0.1, 0.15) is 37.1 Å². The molecule has 4 unspecified atom stereocenters. The van der Waals surface area contributed by atoms with Gasteiger partial charge in [0.2, 0.25) is 0 Å². The summed E-state index contributed by atoms with van der Waals surface area (Å²) in [6.07, 6.45) is 0. The molecule has 0 aliphatic carbocycles. The molecule has 0 radical (unpaired) electrons. The van der Waals surface area contributed by atoms with E-state index in [2.05, 4.69) is 0 Å². The highest BCUT2D eigenvalue weighted by Gasteiger charge is 2.74. The Hall–Kier alpha value is -4.23. The standard InChI is InChI=1S/C27H30N4O9/c1-5-39-24(33)26-15-28(3)16-27(23(26)32,25(34)40-6-2)22(18-10-8-12-20(14-18)31(37)38)29(4)21(26)17-9-7-11-19(13-17)30(35)36/h7-14,21-22H,5-6,15-16H2,1-4H3. The van der Waals surface area contributed by atoms with E-state index in [1.165, 1.54) is 36.4 Å². The van der Waals surface area contributed by atoms with Gasteiger partial charge in [0.15, 0.2) is 16.6 Å². The van der Waals surface area contributed by atoms with Crippen LogP contribution in [0.5, 0.6) is 0 Å². The Balaban J connectivity index is 2.10. The summed E-state index contributed by atoms with van der Waals surface area (Å²) in [7, 11) is 3.24. The fourth-order valence-corrected chi connectivity index (χ4v) is 6.43. The zero-order valence-corrected chi connectivity index (χ0v) is 22.6. The lowest BCUT2D eigenvalue weighted by Crippen LogP contribution is -2.75. The first-order valence-corrected chi connectivity index (χ1v) is 12.7. The molecular formula is C27H30N4O9. The smallest absolute Gasteiger partial charge is 0.322 e. The van der Waals surface area contributed by atoms with Gasteiger partial charge in [-0.05, 0) is 39.1 Å². The fraction of sp³-hybridized carbons (Fsp3) is 0.444. The van der Waals surface area contributed by atoms with Crippen molar-refractivity contribution in [2.45, 2.75) is 25.9 Å². The van der Waals surface area contributed by atoms with E-state index >= 15 is 0 Å². The van der Waals surface area contributed by atoms with E-state index in [1.54, 1.807) is 49.9 Å². The Morgan fingerprint density at radius 3 is 1.60 bits per heavy atom. The monoisotopic (exact) mass is 554 g/mol. The van der Waals surface area contributed by atoms with Crippen LogP contribution >= 0.6 is 0 Å². The van der Waals surface area contributed by atoms with Crippen molar-refractivity contribution in [3.8, 4) is 0 Å². The van der Waals surface area contributed by atoms with Crippen LogP contribution in [0.15, 0.2) is 48.5 Å². The number of benzene rings is 2. The van der Waals surface area contributed by atoms with Crippen molar-refractivity contribution in [3.63, 3.8) is 0 Å². The van der Waals surface area contributed by atoms with E-state index in [4.69, 9.17) is 9.47 Å². The zero-order valence-electron chi connectivity index (χ0n) is 22.6. The van der Waals surface area contributed by atoms with E-state index in [0.29, 0.717) is 0 Å². The molecule has 0 spiro atoms. The van der Waals surface area contributed by atoms with E-state index < -0.39 is 50.5 Å². The number of esters is 2. The normalized spacial score (nSPS) is 26.6. The lowest BCUT2D eigenvalue weighted by molar-refractivity contribution is -0.385. The van der Waals surface area contributed by atoms with Gasteiger partial charge in [-0.1, -0.05) is 24.3 Å². The second kappa shape index (κ2) is 10.7. The van der Waals surface area contributed by atoms with Crippen molar-refractivity contribution in [2.75, 3.05) is 40.4 Å². The minimum Gasteiger partial charge on any atom is -0.465 e. The third-order valence-corrected chi connectivity index (χ3v) is 7.67. The highest BCUT2D eigenvalue weighted by molar-refractivity contribution is 6.17. The maximum absolute atomic E-state index is 14.9. The SMILES string of the molecule is CCOC(=O)C12CN(C)CC(C(=O)OCC)(C1=O)C(c1cccc([N+](=O)[O-])c1)N(C)C2c1cccc([N+](=O)[O-])c1. The maximum Gasteiger partial charge on any atom is 0.322 e. The molecule has 0 saturated carbocycles. The Kier molecular flexibility index (Phi) is 7.72. The number of Topliss-reactive ketones (excluding diaryl/α,β-unsaturated/α-hetero) is 1. The average molecular weight is 555 g/mol. The first kappa shape index (κ1) is 28.8. The Bertz CT molecular complexity index is 1280. The minimum absolute atomic E-state index is 0.0519. The van der Waals surface area contributed by atoms with Gasteiger partial charge in [0.1, 0.15) is 0 Å². The fourth-order valence-electron chi connectivity index (χ4n) is 6.43. The van der Waals surface area contributed by atoms with Crippen LogP contribution in [0.4, 0.5) is 11.4 Å². The third kappa shape index (κ3) is 4.31. The number of piperidine rings is 2. The molecule has 212 valence electrons. The van der Waals surface area contributed by atoms with Gasteiger partial charge in [-0.2, -0.15) is 0 Å². The van der Waals surface area contributed by atoms with Gasteiger partial charge in [0.25, 0.3) is 11.4 Å². The summed E-state index contributed by atoms with van der Waals surface area (Å²) < 4.78 is 10.9. The Morgan fingerprint density at radius 2 is 1.25 bits per heavy atom.